The highest BCUT2D eigenvalue weighted by Gasteiger charge is 2.15. The van der Waals surface area contributed by atoms with Crippen LogP contribution in [0.5, 0.6) is 0 Å². The molecule has 0 radical (unpaired) electrons. The minimum Gasteiger partial charge on any atom is -0.246 e. The van der Waals surface area contributed by atoms with Gasteiger partial charge in [-0.2, -0.15) is 13.2 Å². The number of rotatable bonds is 2. The Labute approximate surface area is 81.7 Å². The lowest BCUT2D eigenvalue weighted by Crippen LogP contribution is -1.92. The van der Waals surface area contributed by atoms with Gasteiger partial charge in [-0.3, -0.25) is 0 Å². The molecule has 0 spiro atoms. The largest absolute Gasteiger partial charge is 0.315 e. The van der Waals surface area contributed by atoms with Crippen molar-refractivity contribution in [2.75, 3.05) is 0 Å². The van der Waals surface area contributed by atoms with E-state index >= 15 is 0 Å². The summed E-state index contributed by atoms with van der Waals surface area (Å²) in [6.07, 6.45) is -2.54. The van der Waals surface area contributed by atoms with Crippen molar-refractivity contribution < 1.29 is 17.4 Å². The highest BCUT2D eigenvalue weighted by atomic mass is 32.2. The third-order valence-electron chi connectivity index (χ3n) is 1.55. The second-order valence-electron chi connectivity index (χ2n) is 2.62. The van der Waals surface area contributed by atoms with Crippen LogP contribution in [0.25, 0.3) is 0 Å². The van der Waals surface area contributed by atoms with Crippen LogP contribution >= 0.6 is 0 Å². The molecule has 0 aromatic heterocycles. The van der Waals surface area contributed by atoms with Gasteiger partial charge in [-0.1, -0.05) is 17.7 Å². The van der Waals surface area contributed by atoms with Gasteiger partial charge in [-0.05, 0) is 19.1 Å². The number of aryl methyl sites for hydroxylation is 1. The van der Waals surface area contributed by atoms with Gasteiger partial charge >= 0.3 is 6.08 Å². The molecule has 0 fully saturated rings. The van der Waals surface area contributed by atoms with Crippen LogP contribution in [0.3, 0.4) is 0 Å². The van der Waals surface area contributed by atoms with Crippen LogP contribution < -0.4 is 0 Å². The van der Waals surface area contributed by atoms with Crippen molar-refractivity contribution in [2.45, 2.75) is 11.8 Å². The molecule has 0 N–H and O–H groups in total. The summed E-state index contributed by atoms with van der Waals surface area (Å²) in [5.74, 6) is 0. The maximum atomic E-state index is 12.5. The standard InChI is InChI=1S/C9H7F3OS/c1-6-2-4-7(5-3-6)14(13)9(12)8(10)11/h2-5H,1H3. The molecule has 14 heavy (non-hydrogen) atoms. The molecule has 0 amide bonds. The Morgan fingerprint density at radius 2 is 1.64 bits per heavy atom. The number of halogens is 3. The van der Waals surface area contributed by atoms with E-state index in [-0.39, 0.29) is 4.90 Å². The van der Waals surface area contributed by atoms with E-state index in [4.69, 9.17) is 0 Å². The number of hydrogen-bond donors (Lipinski definition) is 0. The zero-order valence-corrected chi connectivity index (χ0v) is 8.08. The zero-order chi connectivity index (χ0) is 10.7. The van der Waals surface area contributed by atoms with E-state index < -0.39 is 22.0 Å². The van der Waals surface area contributed by atoms with Gasteiger partial charge in [0.25, 0.3) is 5.16 Å². The molecule has 0 aliphatic carbocycles. The van der Waals surface area contributed by atoms with Gasteiger partial charge in [0, 0.05) is 4.90 Å². The van der Waals surface area contributed by atoms with Gasteiger partial charge < -0.3 is 0 Å². The van der Waals surface area contributed by atoms with Crippen molar-refractivity contribution >= 4 is 10.8 Å². The molecule has 1 rings (SSSR count). The number of benzene rings is 1. The Morgan fingerprint density at radius 1 is 1.14 bits per heavy atom. The molecule has 76 valence electrons. The molecule has 1 aromatic carbocycles. The van der Waals surface area contributed by atoms with Crippen molar-refractivity contribution in [3.8, 4) is 0 Å². The summed E-state index contributed by atoms with van der Waals surface area (Å²) in [6.45, 7) is 1.79. The summed E-state index contributed by atoms with van der Waals surface area (Å²) in [5, 5.41) is -1.88. The smallest absolute Gasteiger partial charge is 0.246 e. The molecule has 0 saturated heterocycles. The maximum absolute atomic E-state index is 12.5. The van der Waals surface area contributed by atoms with Gasteiger partial charge in [0.1, 0.15) is 10.8 Å². The first kappa shape index (κ1) is 11.0. The summed E-state index contributed by atoms with van der Waals surface area (Å²) < 4.78 is 47.1. The average Bonchev–Trinajstić information content (AvgIpc) is 2.16. The fourth-order valence-corrected chi connectivity index (χ4v) is 1.57. The fourth-order valence-electron chi connectivity index (χ4n) is 0.835. The first-order valence-electron chi connectivity index (χ1n) is 3.71. The van der Waals surface area contributed by atoms with Crippen molar-refractivity contribution in [1.82, 2.24) is 0 Å². The molecule has 0 saturated carbocycles. The van der Waals surface area contributed by atoms with Crippen molar-refractivity contribution in [2.24, 2.45) is 0 Å². The second kappa shape index (κ2) is 4.41. The summed E-state index contributed by atoms with van der Waals surface area (Å²) >= 11 is 0. The van der Waals surface area contributed by atoms with E-state index in [0.717, 1.165) is 5.56 Å². The minimum atomic E-state index is -2.54. The second-order valence-corrected chi connectivity index (χ2v) is 3.98. The quantitative estimate of drug-likeness (QED) is 0.748. The molecular weight excluding hydrogens is 213 g/mol. The predicted molar refractivity (Wildman–Crippen MR) is 47.9 cm³/mol. The van der Waals surface area contributed by atoms with Crippen LogP contribution in [0.1, 0.15) is 5.56 Å². The normalized spacial score (nSPS) is 12.3. The zero-order valence-electron chi connectivity index (χ0n) is 7.26. The summed E-state index contributed by atoms with van der Waals surface area (Å²) in [5.41, 5.74) is 0.885. The molecule has 0 aliphatic heterocycles. The van der Waals surface area contributed by atoms with Gasteiger partial charge in [-0.15, -0.1) is 0 Å². The summed E-state index contributed by atoms with van der Waals surface area (Å²) in [4.78, 5) is 0.0286. The fraction of sp³-hybridized carbons (Fsp3) is 0.111. The van der Waals surface area contributed by atoms with E-state index in [0.29, 0.717) is 0 Å². The van der Waals surface area contributed by atoms with Crippen LogP contribution in [0.4, 0.5) is 13.2 Å². The lowest BCUT2D eigenvalue weighted by atomic mass is 10.2. The van der Waals surface area contributed by atoms with Crippen LogP contribution in [0, 0.1) is 6.92 Å². The minimum absolute atomic E-state index is 0.0286. The first-order valence-corrected chi connectivity index (χ1v) is 4.86. The molecular formula is C9H7F3OS. The maximum Gasteiger partial charge on any atom is 0.315 e. The molecule has 1 unspecified atom stereocenters. The van der Waals surface area contributed by atoms with Crippen molar-refractivity contribution in [3.05, 3.63) is 41.1 Å². The average molecular weight is 220 g/mol. The SMILES string of the molecule is Cc1ccc(S(=O)C(F)=C(F)F)cc1. The van der Waals surface area contributed by atoms with Gasteiger partial charge in [0.05, 0.1) is 0 Å². The lowest BCUT2D eigenvalue weighted by Gasteiger charge is -1.98. The van der Waals surface area contributed by atoms with Gasteiger partial charge in [0.2, 0.25) is 0 Å². The third-order valence-corrected chi connectivity index (χ3v) is 2.73. The van der Waals surface area contributed by atoms with Crippen LogP contribution in [0.15, 0.2) is 40.4 Å². The van der Waals surface area contributed by atoms with E-state index in [1.807, 2.05) is 0 Å². The Morgan fingerprint density at radius 3 is 2.07 bits per heavy atom. The molecule has 5 heteroatoms. The highest BCUT2D eigenvalue weighted by molar-refractivity contribution is 7.88. The molecule has 1 nitrogen and oxygen atoms in total. The Bertz CT molecular complexity index is 380. The summed E-state index contributed by atoms with van der Waals surface area (Å²) in [6, 6.07) is 5.87. The van der Waals surface area contributed by atoms with E-state index in [1.54, 1.807) is 19.1 Å². The van der Waals surface area contributed by atoms with E-state index in [9.17, 15) is 17.4 Å². The predicted octanol–water partition coefficient (Wildman–Crippen LogP) is 3.14. The first-order chi connectivity index (χ1) is 6.52. The Kier molecular flexibility index (Phi) is 3.46. The van der Waals surface area contributed by atoms with Crippen LogP contribution in [0.2, 0.25) is 0 Å². The van der Waals surface area contributed by atoms with E-state index in [2.05, 4.69) is 0 Å². The molecule has 0 heterocycles. The summed E-state index contributed by atoms with van der Waals surface area (Å²) in [7, 11) is -2.40. The highest BCUT2D eigenvalue weighted by Crippen LogP contribution is 2.20. The Hall–Kier alpha value is -1.10. The molecule has 0 aliphatic rings. The number of hydrogen-bond acceptors (Lipinski definition) is 1. The monoisotopic (exact) mass is 220 g/mol. The topological polar surface area (TPSA) is 17.1 Å². The van der Waals surface area contributed by atoms with Gasteiger partial charge in [0.15, 0.2) is 0 Å². The Balaban J connectivity index is 3.02. The molecule has 0 bridgehead atoms. The van der Waals surface area contributed by atoms with Crippen molar-refractivity contribution in [1.29, 1.82) is 0 Å². The molecule has 1 aromatic rings. The third kappa shape index (κ3) is 2.45. The van der Waals surface area contributed by atoms with Crippen LogP contribution in [-0.2, 0) is 10.8 Å². The lowest BCUT2D eigenvalue weighted by molar-refractivity contribution is 0.393. The molecule has 1 atom stereocenters. The van der Waals surface area contributed by atoms with E-state index in [1.165, 1.54) is 12.1 Å². The van der Waals surface area contributed by atoms with Gasteiger partial charge in [-0.25, -0.2) is 4.21 Å². The van der Waals surface area contributed by atoms with Crippen LogP contribution in [-0.4, -0.2) is 4.21 Å². The van der Waals surface area contributed by atoms with Crippen molar-refractivity contribution in [3.63, 3.8) is 0 Å².